The molecular weight excluding hydrogens is 475 g/mol. The summed E-state index contributed by atoms with van der Waals surface area (Å²) in [6, 6.07) is 6.47. The van der Waals surface area contributed by atoms with Crippen molar-refractivity contribution in [3.63, 3.8) is 0 Å². The van der Waals surface area contributed by atoms with E-state index in [1.165, 1.54) is 19.4 Å². The molecule has 174 valence electrons. The smallest absolute Gasteiger partial charge is 0.429 e. The Labute approximate surface area is 195 Å². The van der Waals surface area contributed by atoms with E-state index in [2.05, 4.69) is 31.5 Å². The summed E-state index contributed by atoms with van der Waals surface area (Å²) in [6.07, 6.45) is -2.57. The Morgan fingerprint density at radius 3 is 2.74 bits per heavy atom. The number of fused-ring (bicyclic) bond motifs is 1. The number of pyridine rings is 1. The lowest BCUT2D eigenvalue weighted by Crippen LogP contribution is -2.45. The van der Waals surface area contributed by atoms with Crippen LogP contribution in [-0.4, -0.2) is 57.1 Å². The first-order valence-corrected chi connectivity index (χ1v) is 10.1. The number of hydrogen-bond donors (Lipinski definition) is 1. The van der Waals surface area contributed by atoms with Gasteiger partial charge in [0.15, 0.2) is 5.82 Å². The first-order chi connectivity index (χ1) is 16.0. The third kappa shape index (κ3) is 4.32. The Morgan fingerprint density at radius 1 is 1.29 bits per heavy atom. The number of ether oxygens (including phenoxy) is 1. The molecule has 1 saturated heterocycles. The summed E-state index contributed by atoms with van der Waals surface area (Å²) in [5.74, 6) is 2.23. The number of amides is 1. The van der Waals surface area contributed by atoms with Gasteiger partial charge in [0.2, 0.25) is 0 Å². The summed E-state index contributed by atoms with van der Waals surface area (Å²) in [5, 5.41) is 0.853. The Bertz CT molecular complexity index is 1390. The van der Waals surface area contributed by atoms with Crippen molar-refractivity contribution >= 4 is 40.2 Å². The second kappa shape index (κ2) is 8.46. The summed E-state index contributed by atoms with van der Waals surface area (Å²) < 4.78 is 42.9. The molecule has 0 radical (unpaired) electrons. The average Bonchev–Trinajstić information content (AvgIpc) is 3.08. The highest BCUT2D eigenvalue weighted by Crippen LogP contribution is 2.30. The second-order valence-corrected chi connectivity index (χ2v) is 7.88. The van der Waals surface area contributed by atoms with Gasteiger partial charge >= 0.3 is 12.1 Å². The number of halogens is 4. The van der Waals surface area contributed by atoms with Crippen LogP contribution in [0.1, 0.15) is 12.0 Å². The molecule has 0 bridgehead atoms. The predicted molar refractivity (Wildman–Crippen MR) is 116 cm³/mol. The molecule has 3 aromatic rings. The standard InChI is InChI=1S/C22H15ClF3N5O3/c1-31-8-7-21(19(31)32,34-20(33)22(24,25)26)6-5-12-3-2-4-13(9-12)18-29-10-14-15(23)11-28-17(27)16(14)30-18/h2-4,9-11H,7-8H2,1H3,(H2,27,28)/t21-/m0/s1. The lowest BCUT2D eigenvalue weighted by atomic mass is 10.0. The van der Waals surface area contributed by atoms with Crippen molar-refractivity contribution in [1.82, 2.24) is 19.9 Å². The highest BCUT2D eigenvalue weighted by atomic mass is 35.5. The van der Waals surface area contributed by atoms with Crippen LogP contribution in [0, 0.1) is 11.8 Å². The van der Waals surface area contributed by atoms with Crippen molar-refractivity contribution in [2.75, 3.05) is 19.3 Å². The predicted octanol–water partition coefficient (Wildman–Crippen LogP) is 2.99. The van der Waals surface area contributed by atoms with Crippen LogP contribution in [0.2, 0.25) is 5.02 Å². The molecule has 1 atom stereocenters. The van der Waals surface area contributed by atoms with E-state index in [0.717, 1.165) is 4.90 Å². The van der Waals surface area contributed by atoms with Gasteiger partial charge in [-0.3, -0.25) is 4.79 Å². The highest BCUT2D eigenvalue weighted by Gasteiger charge is 2.53. The number of rotatable bonds is 2. The normalized spacial score (nSPS) is 18.0. The van der Waals surface area contributed by atoms with E-state index in [9.17, 15) is 22.8 Å². The molecule has 0 saturated carbocycles. The van der Waals surface area contributed by atoms with E-state index in [4.69, 9.17) is 17.3 Å². The molecule has 2 N–H and O–H groups in total. The van der Waals surface area contributed by atoms with Crippen LogP contribution in [0.25, 0.3) is 22.3 Å². The third-order valence-electron chi connectivity index (χ3n) is 5.13. The maximum absolute atomic E-state index is 12.8. The largest absolute Gasteiger partial charge is 0.490 e. The SMILES string of the molecule is CN1CC[C@](C#Cc2cccc(-c3ncc4c(Cl)cnc(N)c4n3)c2)(OC(=O)C(F)(F)F)C1=O. The molecule has 1 aliphatic heterocycles. The fourth-order valence-electron chi connectivity index (χ4n) is 3.35. The number of aromatic nitrogens is 3. The molecule has 1 aromatic carbocycles. The van der Waals surface area contributed by atoms with E-state index in [-0.39, 0.29) is 24.6 Å². The average molecular weight is 490 g/mol. The molecular formula is C22H15ClF3N5O3. The number of nitrogen functional groups attached to an aromatic ring is 1. The Morgan fingerprint density at radius 2 is 2.06 bits per heavy atom. The van der Waals surface area contributed by atoms with Crippen LogP contribution < -0.4 is 5.73 Å². The first kappa shape index (κ1) is 23.3. The van der Waals surface area contributed by atoms with E-state index >= 15 is 0 Å². The summed E-state index contributed by atoms with van der Waals surface area (Å²) in [4.78, 5) is 37.8. The number of alkyl halides is 3. The van der Waals surface area contributed by atoms with Crippen LogP contribution in [-0.2, 0) is 14.3 Å². The van der Waals surface area contributed by atoms with Crippen LogP contribution in [0.15, 0.2) is 36.7 Å². The summed E-state index contributed by atoms with van der Waals surface area (Å²) in [7, 11) is 1.39. The van der Waals surface area contributed by atoms with Crippen LogP contribution >= 0.6 is 11.6 Å². The maximum atomic E-state index is 12.8. The zero-order chi connectivity index (χ0) is 24.7. The number of likely N-dealkylation sites (tertiary alicyclic amines) is 1. The van der Waals surface area contributed by atoms with Crippen molar-refractivity contribution in [2.45, 2.75) is 18.2 Å². The molecule has 34 heavy (non-hydrogen) atoms. The van der Waals surface area contributed by atoms with Gasteiger partial charge in [-0.05, 0) is 18.1 Å². The number of benzene rings is 1. The van der Waals surface area contributed by atoms with Crippen LogP contribution in [0.3, 0.4) is 0 Å². The van der Waals surface area contributed by atoms with E-state index in [0.29, 0.717) is 27.1 Å². The van der Waals surface area contributed by atoms with Crippen molar-refractivity contribution < 1.29 is 27.5 Å². The van der Waals surface area contributed by atoms with E-state index in [1.807, 2.05) is 0 Å². The number of anilines is 1. The van der Waals surface area contributed by atoms with Gasteiger partial charge in [-0.1, -0.05) is 29.7 Å². The van der Waals surface area contributed by atoms with Gasteiger partial charge in [0, 0.05) is 48.9 Å². The van der Waals surface area contributed by atoms with Crippen molar-refractivity contribution in [3.05, 3.63) is 47.2 Å². The maximum Gasteiger partial charge on any atom is 0.490 e. The Kier molecular flexibility index (Phi) is 5.79. The minimum Gasteiger partial charge on any atom is -0.429 e. The molecule has 12 heteroatoms. The quantitative estimate of drug-likeness (QED) is 0.435. The van der Waals surface area contributed by atoms with Crippen LogP contribution in [0.5, 0.6) is 0 Å². The Balaban J connectivity index is 1.71. The number of esters is 1. The fourth-order valence-corrected chi connectivity index (χ4v) is 3.54. The molecule has 0 aliphatic carbocycles. The molecule has 2 aromatic heterocycles. The zero-order valence-electron chi connectivity index (χ0n) is 17.5. The van der Waals surface area contributed by atoms with Gasteiger partial charge in [-0.15, -0.1) is 0 Å². The van der Waals surface area contributed by atoms with E-state index < -0.39 is 23.7 Å². The molecule has 1 aliphatic rings. The van der Waals surface area contributed by atoms with Crippen molar-refractivity contribution in [3.8, 4) is 23.2 Å². The fraction of sp³-hybridized carbons (Fsp3) is 0.227. The number of carbonyl (C=O) groups is 2. The number of likely N-dealkylation sites (N-methyl/N-ethyl adjacent to an activating group) is 1. The topological polar surface area (TPSA) is 111 Å². The lowest BCUT2D eigenvalue weighted by molar-refractivity contribution is -0.209. The van der Waals surface area contributed by atoms with Gasteiger partial charge in [0.1, 0.15) is 11.3 Å². The second-order valence-electron chi connectivity index (χ2n) is 7.47. The van der Waals surface area contributed by atoms with Crippen molar-refractivity contribution in [1.29, 1.82) is 0 Å². The summed E-state index contributed by atoms with van der Waals surface area (Å²) in [5.41, 5.74) is 4.87. The molecule has 4 rings (SSSR count). The van der Waals surface area contributed by atoms with Gasteiger partial charge in [0.05, 0.1) is 5.02 Å². The van der Waals surface area contributed by atoms with Crippen molar-refractivity contribution in [2.24, 2.45) is 0 Å². The van der Waals surface area contributed by atoms with Gasteiger partial charge in [-0.2, -0.15) is 13.2 Å². The molecule has 1 fully saturated rings. The molecule has 1 amide bonds. The zero-order valence-corrected chi connectivity index (χ0v) is 18.2. The van der Waals surface area contributed by atoms with E-state index in [1.54, 1.807) is 24.3 Å². The minimum absolute atomic E-state index is 0.0850. The Hall–Kier alpha value is -3.91. The number of nitrogens with two attached hydrogens (primary N) is 1. The number of hydrogen-bond acceptors (Lipinski definition) is 7. The lowest BCUT2D eigenvalue weighted by Gasteiger charge is -2.22. The van der Waals surface area contributed by atoms with Gasteiger partial charge in [0.25, 0.3) is 11.5 Å². The monoisotopic (exact) mass is 489 g/mol. The highest BCUT2D eigenvalue weighted by molar-refractivity contribution is 6.35. The molecule has 3 heterocycles. The third-order valence-corrected chi connectivity index (χ3v) is 5.43. The van der Waals surface area contributed by atoms with Gasteiger partial charge < -0.3 is 15.4 Å². The van der Waals surface area contributed by atoms with Gasteiger partial charge in [-0.25, -0.2) is 19.7 Å². The summed E-state index contributed by atoms with van der Waals surface area (Å²) >= 11 is 6.10. The number of carbonyl (C=O) groups excluding carboxylic acids is 2. The molecule has 0 spiro atoms. The molecule has 8 nitrogen and oxygen atoms in total. The molecule has 0 unspecified atom stereocenters. The van der Waals surface area contributed by atoms with Crippen LogP contribution in [0.4, 0.5) is 19.0 Å². The minimum atomic E-state index is -5.26. The first-order valence-electron chi connectivity index (χ1n) is 9.76. The summed E-state index contributed by atoms with van der Waals surface area (Å²) in [6.45, 7) is 0.0850. The number of nitrogens with zero attached hydrogens (tertiary/aromatic N) is 4.